The molecule has 0 atom stereocenters. The Balaban J connectivity index is 1.45. The van der Waals surface area contributed by atoms with E-state index < -0.39 is 5.76 Å². The summed E-state index contributed by atoms with van der Waals surface area (Å²) < 4.78 is 26.7. The Bertz CT molecular complexity index is 1510. The minimum absolute atomic E-state index is 0.0430. The highest BCUT2D eigenvalue weighted by Gasteiger charge is 2.23. The minimum atomic E-state index is -2.50. The molecule has 2 heterocycles. The molecule has 0 spiro atoms. The van der Waals surface area contributed by atoms with Crippen molar-refractivity contribution in [1.82, 2.24) is 9.55 Å². The average molecular weight is 558 g/mol. The Morgan fingerprint density at radius 2 is 1.81 bits per heavy atom. The molecule has 4 aromatic rings. The highest BCUT2D eigenvalue weighted by molar-refractivity contribution is 8.00. The van der Waals surface area contributed by atoms with Gasteiger partial charge in [0.1, 0.15) is 4.83 Å². The molecule has 5 rings (SSSR count). The van der Waals surface area contributed by atoms with E-state index in [1.165, 1.54) is 16.6 Å². The fourth-order valence-corrected chi connectivity index (χ4v) is 7.25. The van der Waals surface area contributed by atoms with Gasteiger partial charge in [-0.1, -0.05) is 29.6 Å². The number of aryl methyl sites for hydroxylation is 4. The van der Waals surface area contributed by atoms with Gasteiger partial charge < -0.3 is 5.32 Å². The first kappa shape index (κ1) is 25.9. The Morgan fingerprint density at radius 3 is 2.51 bits per heavy atom. The van der Waals surface area contributed by atoms with Crippen molar-refractivity contribution >= 4 is 56.7 Å². The molecule has 0 aliphatic heterocycles. The summed E-state index contributed by atoms with van der Waals surface area (Å²) in [7, 11) is 0. The zero-order valence-electron chi connectivity index (χ0n) is 20.3. The van der Waals surface area contributed by atoms with E-state index in [1.54, 1.807) is 40.2 Å². The van der Waals surface area contributed by atoms with Crippen molar-refractivity contribution in [2.24, 2.45) is 0 Å². The normalized spacial score (nSPS) is 13.2. The van der Waals surface area contributed by atoms with Crippen LogP contribution in [-0.4, -0.2) is 27.0 Å². The number of alkyl halides is 2. The number of carbonyl (C=O) groups is 1. The standard InChI is InChI=1S/C27H25F2N3O2S3/c1-15-11-16(2)13-18(12-15)32-25(34)23-20-5-3-4-6-21(20)37-24(23)31-27(32)35-14-22(33)30-17-7-9-19(10-8-17)36-26(28)29/h7-13,26H,3-6,14H2,1-2H3,(H,30,33). The number of thioether (sulfide) groups is 2. The number of thiophene rings is 1. The average Bonchev–Trinajstić information content (AvgIpc) is 3.22. The highest BCUT2D eigenvalue weighted by Crippen LogP contribution is 2.35. The third-order valence-electron chi connectivity index (χ3n) is 6.12. The molecule has 2 aromatic carbocycles. The van der Waals surface area contributed by atoms with Crippen molar-refractivity contribution in [2.75, 3.05) is 11.1 Å². The predicted octanol–water partition coefficient (Wildman–Crippen LogP) is 6.99. The number of nitrogens with one attached hydrogen (secondary N) is 1. The first-order valence-electron chi connectivity index (χ1n) is 11.9. The molecular weight excluding hydrogens is 533 g/mol. The van der Waals surface area contributed by atoms with E-state index >= 15 is 0 Å². The van der Waals surface area contributed by atoms with Gasteiger partial charge >= 0.3 is 0 Å². The van der Waals surface area contributed by atoms with E-state index in [2.05, 4.69) is 11.4 Å². The Kier molecular flexibility index (Phi) is 7.69. The third-order valence-corrected chi connectivity index (χ3v) is 8.97. The highest BCUT2D eigenvalue weighted by atomic mass is 32.2. The molecular formula is C27H25F2N3O2S3. The number of carbonyl (C=O) groups excluding carboxylic acids is 1. The maximum absolute atomic E-state index is 13.9. The van der Waals surface area contributed by atoms with E-state index in [0.29, 0.717) is 32.9 Å². The first-order chi connectivity index (χ1) is 17.8. The first-order valence-corrected chi connectivity index (χ1v) is 14.6. The molecule has 0 fully saturated rings. The fraction of sp³-hybridized carbons (Fsp3) is 0.296. The van der Waals surface area contributed by atoms with Gasteiger partial charge in [-0.3, -0.25) is 14.2 Å². The molecule has 1 aliphatic rings. The van der Waals surface area contributed by atoms with Crippen LogP contribution in [0.1, 0.15) is 34.4 Å². The molecule has 0 bridgehead atoms. The van der Waals surface area contributed by atoms with Crippen LogP contribution in [0, 0.1) is 13.8 Å². The summed E-state index contributed by atoms with van der Waals surface area (Å²) >= 11 is 3.25. The largest absolute Gasteiger partial charge is 0.325 e. The zero-order chi connectivity index (χ0) is 26.1. The quantitative estimate of drug-likeness (QED) is 0.196. The second kappa shape index (κ2) is 11.0. The van der Waals surface area contributed by atoms with Crippen LogP contribution in [0.15, 0.2) is 57.3 Å². The van der Waals surface area contributed by atoms with E-state index in [9.17, 15) is 18.4 Å². The van der Waals surface area contributed by atoms with E-state index in [4.69, 9.17) is 4.98 Å². The zero-order valence-corrected chi connectivity index (χ0v) is 22.8. The number of fused-ring (bicyclic) bond motifs is 3. The predicted molar refractivity (Wildman–Crippen MR) is 149 cm³/mol. The monoisotopic (exact) mass is 557 g/mol. The van der Waals surface area contributed by atoms with Gasteiger partial charge in [-0.2, -0.15) is 8.78 Å². The van der Waals surface area contributed by atoms with Crippen LogP contribution in [0.3, 0.4) is 0 Å². The maximum atomic E-state index is 13.9. The lowest BCUT2D eigenvalue weighted by Gasteiger charge is -2.15. The molecule has 1 N–H and O–H groups in total. The summed E-state index contributed by atoms with van der Waals surface area (Å²) in [6.07, 6.45) is 4.05. The van der Waals surface area contributed by atoms with Gasteiger partial charge in [0.2, 0.25) is 5.91 Å². The molecule has 5 nitrogen and oxygen atoms in total. The van der Waals surface area contributed by atoms with Gasteiger partial charge in [0, 0.05) is 15.5 Å². The topological polar surface area (TPSA) is 64.0 Å². The second-order valence-corrected chi connectivity index (χ2v) is 12.1. The van der Waals surface area contributed by atoms with Crippen LogP contribution in [-0.2, 0) is 17.6 Å². The second-order valence-electron chi connectivity index (χ2n) is 9.01. The summed E-state index contributed by atoms with van der Waals surface area (Å²) in [6.45, 7) is 3.98. The summed E-state index contributed by atoms with van der Waals surface area (Å²) in [5.41, 5.74) is 4.37. The molecule has 0 saturated heterocycles. The summed E-state index contributed by atoms with van der Waals surface area (Å²) in [4.78, 5) is 33.9. The third kappa shape index (κ3) is 5.76. The van der Waals surface area contributed by atoms with Crippen LogP contribution in [0.25, 0.3) is 15.9 Å². The fourth-order valence-electron chi connectivity index (χ4n) is 4.64. The molecule has 10 heteroatoms. The molecule has 0 saturated carbocycles. The van der Waals surface area contributed by atoms with Crippen LogP contribution in [0.4, 0.5) is 14.5 Å². The van der Waals surface area contributed by atoms with Crippen molar-refractivity contribution in [3.63, 3.8) is 0 Å². The number of anilines is 1. The van der Waals surface area contributed by atoms with E-state index in [-0.39, 0.29) is 17.2 Å². The Labute approximate surface area is 225 Å². The molecule has 1 aliphatic carbocycles. The van der Waals surface area contributed by atoms with Crippen molar-refractivity contribution in [3.05, 3.63) is 74.4 Å². The smallest absolute Gasteiger partial charge is 0.288 e. The van der Waals surface area contributed by atoms with Gasteiger partial charge in [0.25, 0.3) is 11.3 Å². The Hall–Kier alpha value is -2.69. The van der Waals surface area contributed by atoms with Crippen LogP contribution < -0.4 is 10.9 Å². The summed E-state index contributed by atoms with van der Waals surface area (Å²) in [5, 5.41) is 3.97. The summed E-state index contributed by atoms with van der Waals surface area (Å²) in [5.74, 6) is -2.72. The van der Waals surface area contributed by atoms with Crippen molar-refractivity contribution < 1.29 is 13.6 Å². The molecule has 0 unspecified atom stereocenters. The number of aromatic nitrogens is 2. The molecule has 1 amide bonds. The molecule has 2 aromatic heterocycles. The van der Waals surface area contributed by atoms with Crippen molar-refractivity contribution in [3.8, 4) is 5.69 Å². The number of benzene rings is 2. The van der Waals surface area contributed by atoms with Crippen molar-refractivity contribution in [1.29, 1.82) is 0 Å². The molecule has 192 valence electrons. The van der Waals surface area contributed by atoms with E-state index in [0.717, 1.165) is 52.9 Å². The maximum Gasteiger partial charge on any atom is 0.288 e. The number of amides is 1. The minimum Gasteiger partial charge on any atom is -0.325 e. The number of hydrogen-bond acceptors (Lipinski definition) is 6. The van der Waals surface area contributed by atoms with Gasteiger partial charge in [0.15, 0.2) is 5.16 Å². The number of halogens is 2. The van der Waals surface area contributed by atoms with Gasteiger partial charge in [0.05, 0.1) is 16.8 Å². The number of rotatable bonds is 7. The number of hydrogen-bond donors (Lipinski definition) is 1. The molecule has 37 heavy (non-hydrogen) atoms. The van der Waals surface area contributed by atoms with Gasteiger partial charge in [-0.15, -0.1) is 11.3 Å². The van der Waals surface area contributed by atoms with Crippen LogP contribution in [0.2, 0.25) is 0 Å². The van der Waals surface area contributed by atoms with Crippen molar-refractivity contribution in [2.45, 2.75) is 55.3 Å². The number of nitrogens with zero attached hydrogens (tertiary/aromatic N) is 2. The van der Waals surface area contributed by atoms with Gasteiger partial charge in [-0.05, 0) is 92.6 Å². The van der Waals surface area contributed by atoms with E-state index in [1.807, 2.05) is 26.0 Å². The van der Waals surface area contributed by atoms with Crippen LogP contribution >= 0.6 is 34.9 Å². The lowest BCUT2D eigenvalue weighted by molar-refractivity contribution is -0.113. The van der Waals surface area contributed by atoms with Crippen LogP contribution in [0.5, 0.6) is 0 Å². The lowest BCUT2D eigenvalue weighted by atomic mass is 9.97. The lowest BCUT2D eigenvalue weighted by Crippen LogP contribution is -2.23. The molecule has 0 radical (unpaired) electrons. The SMILES string of the molecule is Cc1cc(C)cc(-n2c(SCC(=O)Nc3ccc(SC(F)F)cc3)nc3sc4c(c3c2=O)CCCC4)c1. The Morgan fingerprint density at radius 1 is 1.11 bits per heavy atom. The summed E-state index contributed by atoms with van der Waals surface area (Å²) in [6, 6.07) is 12.3. The van der Waals surface area contributed by atoms with Gasteiger partial charge in [-0.25, -0.2) is 4.98 Å².